The van der Waals surface area contributed by atoms with E-state index in [1.165, 1.54) is 36.4 Å². The Labute approximate surface area is 172 Å². The third-order valence-electron chi connectivity index (χ3n) is 4.45. The van der Waals surface area contributed by atoms with Crippen LogP contribution < -0.4 is 10.6 Å². The Hall–Kier alpha value is -4.20. The molecular weight excluding hydrogens is 388 g/mol. The van der Waals surface area contributed by atoms with Gasteiger partial charge in [0.2, 0.25) is 0 Å². The van der Waals surface area contributed by atoms with Crippen LogP contribution in [0.4, 0.5) is 0 Å². The molecule has 8 heteroatoms. The minimum absolute atomic E-state index is 0.0236. The van der Waals surface area contributed by atoms with E-state index in [4.69, 9.17) is 0 Å². The SMILES string of the molecule is O=C(NCc1ccc(CNC(=O)c2cccc(O)c2O)cc1)c1cccc(O)c1O. The van der Waals surface area contributed by atoms with Crippen LogP contribution in [0.1, 0.15) is 31.8 Å². The van der Waals surface area contributed by atoms with Gasteiger partial charge in [0, 0.05) is 13.1 Å². The average Bonchev–Trinajstić information content (AvgIpc) is 2.75. The molecule has 0 aromatic heterocycles. The van der Waals surface area contributed by atoms with E-state index in [1.807, 2.05) is 0 Å². The highest BCUT2D eigenvalue weighted by atomic mass is 16.3. The molecule has 3 rings (SSSR count). The number of amides is 2. The summed E-state index contributed by atoms with van der Waals surface area (Å²) < 4.78 is 0. The molecule has 0 fully saturated rings. The van der Waals surface area contributed by atoms with Crippen LogP contribution in [-0.4, -0.2) is 32.2 Å². The molecular formula is C22H20N2O6. The highest BCUT2D eigenvalue weighted by Crippen LogP contribution is 2.28. The Morgan fingerprint density at radius 2 is 0.967 bits per heavy atom. The molecule has 30 heavy (non-hydrogen) atoms. The monoisotopic (exact) mass is 408 g/mol. The number of phenols is 4. The van der Waals surface area contributed by atoms with Gasteiger partial charge in [-0.25, -0.2) is 0 Å². The summed E-state index contributed by atoms with van der Waals surface area (Å²) in [4.78, 5) is 24.3. The van der Waals surface area contributed by atoms with Gasteiger partial charge in [-0.05, 0) is 35.4 Å². The fourth-order valence-electron chi connectivity index (χ4n) is 2.76. The van der Waals surface area contributed by atoms with E-state index in [-0.39, 0.29) is 35.7 Å². The van der Waals surface area contributed by atoms with Crippen molar-refractivity contribution in [1.29, 1.82) is 0 Å². The van der Waals surface area contributed by atoms with Crippen LogP contribution in [0.15, 0.2) is 60.7 Å². The molecule has 2 amide bonds. The summed E-state index contributed by atoms with van der Waals surface area (Å²) in [7, 11) is 0. The summed E-state index contributed by atoms with van der Waals surface area (Å²) in [6.45, 7) is 0.412. The van der Waals surface area contributed by atoms with Gasteiger partial charge in [0.15, 0.2) is 23.0 Å². The van der Waals surface area contributed by atoms with Gasteiger partial charge in [-0.3, -0.25) is 9.59 Å². The Balaban J connectivity index is 1.55. The van der Waals surface area contributed by atoms with Crippen molar-refractivity contribution in [3.63, 3.8) is 0 Å². The summed E-state index contributed by atoms with van der Waals surface area (Å²) in [5, 5.41) is 43.7. The number of nitrogens with one attached hydrogen (secondary N) is 2. The van der Waals surface area contributed by atoms with Crippen molar-refractivity contribution in [2.75, 3.05) is 0 Å². The number of carbonyl (C=O) groups is 2. The second-order valence-corrected chi connectivity index (χ2v) is 6.53. The first-order valence-corrected chi connectivity index (χ1v) is 9.03. The van der Waals surface area contributed by atoms with Gasteiger partial charge < -0.3 is 31.1 Å². The number of hydrogen-bond acceptors (Lipinski definition) is 6. The largest absolute Gasteiger partial charge is 0.504 e. The van der Waals surface area contributed by atoms with E-state index in [1.54, 1.807) is 24.3 Å². The zero-order valence-electron chi connectivity index (χ0n) is 15.8. The van der Waals surface area contributed by atoms with Gasteiger partial charge in [0.05, 0.1) is 11.1 Å². The fraction of sp³-hybridized carbons (Fsp3) is 0.0909. The third-order valence-corrected chi connectivity index (χ3v) is 4.45. The number of carbonyl (C=O) groups excluding carboxylic acids is 2. The summed E-state index contributed by atoms with van der Waals surface area (Å²) in [6, 6.07) is 15.4. The first kappa shape index (κ1) is 20.5. The van der Waals surface area contributed by atoms with Crippen molar-refractivity contribution in [3.8, 4) is 23.0 Å². The molecule has 0 heterocycles. The highest BCUT2D eigenvalue weighted by Gasteiger charge is 2.14. The predicted molar refractivity (Wildman–Crippen MR) is 108 cm³/mol. The fourth-order valence-corrected chi connectivity index (χ4v) is 2.76. The van der Waals surface area contributed by atoms with Crippen molar-refractivity contribution >= 4 is 11.8 Å². The Morgan fingerprint density at radius 3 is 1.33 bits per heavy atom. The maximum absolute atomic E-state index is 12.2. The van der Waals surface area contributed by atoms with Gasteiger partial charge in [-0.2, -0.15) is 0 Å². The minimum Gasteiger partial charge on any atom is -0.504 e. The van der Waals surface area contributed by atoms with Crippen molar-refractivity contribution in [2.24, 2.45) is 0 Å². The molecule has 8 nitrogen and oxygen atoms in total. The van der Waals surface area contributed by atoms with Crippen molar-refractivity contribution in [1.82, 2.24) is 10.6 Å². The van der Waals surface area contributed by atoms with Crippen LogP contribution in [0.25, 0.3) is 0 Å². The van der Waals surface area contributed by atoms with Crippen LogP contribution in [-0.2, 0) is 13.1 Å². The molecule has 0 radical (unpaired) electrons. The second-order valence-electron chi connectivity index (χ2n) is 6.53. The van der Waals surface area contributed by atoms with Gasteiger partial charge in [-0.15, -0.1) is 0 Å². The predicted octanol–water partition coefficient (Wildman–Crippen LogP) is 2.37. The quantitative estimate of drug-likeness (QED) is 0.346. The van der Waals surface area contributed by atoms with Gasteiger partial charge in [0.1, 0.15) is 0 Å². The van der Waals surface area contributed by atoms with E-state index in [0.29, 0.717) is 0 Å². The van der Waals surface area contributed by atoms with E-state index in [0.717, 1.165) is 11.1 Å². The van der Waals surface area contributed by atoms with Gasteiger partial charge in [0.25, 0.3) is 11.8 Å². The lowest BCUT2D eigenvalue weighted by Gasteiger charge is -2.10. The lowest BCUT2D eigenvalue weighted by atomic mass is 10.1. The molecule has 6 N–H and O–H groups in total. The van der Waals surface area contributed by atoms with Crippen LogP contribution in [0, 0.1) is 0 Å². The topological polar surface area (TPSA) is 139 Å². The zero-order valence-corrected chi connectivity index (χ0v) is 15.8. The number of benzene rings is 3. The summed E-state index contributed by atoms with van der Waals surface area (Å²) in [6.07, 6.45) is 0. The summed E-state index contributed by atoms with van der Waals surface area (Å²) in [5.74, 6) is -2.73. The van der Waals surface area contributed by atoms with Gasteiger partial charge >= 0.3 is 0 Å². The molecule has 0 aliphatic carbocycles. The number of para-hydroxylation sites is 2. The van der Waals surface area contributed by atoms with E-state index >= 15 is 0 Å². The summed E-state index contributed by atoms with van der Waals surface area (Å²) in [5.41, 5.74) is 1.54. The van der Waals surface area contributed by atoms with Gasteiger partial charge in [-0.1, -0.05) is 36.4 Å². The maximum atomic E-state index is 12.2. The highest BCUT2D eigenvalue weighted by molar-refractivity contribution is 5.98. The second kappa shape index (κ2) is 8.87. The molecule has 0 spiro atoms. The molecule has 0 atom stereocenters. The Bertz CT molecular complexity index is 993. The molecule has 3 aromatic rings. The molecule has 0 aliphatic rings. The lowest BCUT2D eigenvalue weighted by molar-refractivity contribution is 0.0939. The number of phenolic OH excluding ortho intramolecular Hbond substituents is 4. The Kier molecular flexibility index (Phi) is 6.07. The molecule has 3 aromatic carbocycles. The van der Waals surface area contributed by atoms with E-state index in [9.17, 15) is 30.0 Å². The maximum Gasteiger partial charge on any atom is 0.255 e. The molecule has 0 saturated heterocycles. The van der Waals surface area contributed by atoms with E-state index in [2.05, 4.69) is 10.6 Å². The van der Waals surface area contributed by atoms with Crippen molar-refractivity contribution < 1.29 is 30.0 Å². The molecule has 0 unspecified atom stereocenters. The first-order valence-electron chi connectivity index (χ1n) is 9.03. The standard InChI is InChI=1S/C22H20N2O6/c25-17-5-1-3-15(19(17)27)21(29)23-11-13-7-9-14(10-8-13)12-24-22(30)16-4-2-6-18(26)20(16)28/h1-10,25-28H,11-12H2,(H,23,29)(H,24,30). The van der Waals surface area contributed by atoms with Crippen LogP contribution in [0.3, 0.4) is 0 Å². The van der Waals surface area contributed by atoms with Crippen LogP contribution in [0.5, 0.6) is 23.0 Å². The smallest absolute Gasteiger partial charge is 0.255 e. The van der Waals surface area contributed by atoms with Crippen LogP contribution >= 0.6 is 0 Å². The average molecular weight is 408 g/mol. The van der Waals surface area contributed by atoms with Crippen molar-refractivity contribution in [2.45, 2.75) is 13.1 Å². The minimum atomic E-state index is -0.523. The number of hydrogen-bond donors (Lipinski definition) is 6. The molecule has 0 aliphatic heterocycles. The normalized spacial score (nSPS) is 10.4. The van der Waals surface area contributed by atoms with Crippen LogP contribution in [0.2, 0.25) is 0 Å². The zero-order chi connectivity index (χ0) is 21.7. The molecule has 0 saturated carbocycles. The lowest BCUT2D eigenvalue weighted by Crippen LogP contribution is -2.23. The third kappa shape index (κ3) is 4.61. The molecule has 0 bridgehead atoms. The number of rotatable bonds is 6. The first-order chi connectivity index (χ1) is 14.4. The number of aromatic hydroxyl groups is 4. The molecule has 154 valence electrons. The van der Waals surface area contributed by atoms with Crippen molar-refractivity contribution in [3.05, 3.63) is 82.9 Å². The summed E-state index contributed by atoms with van der Waals surface area (Å²) >= 11 is 0. The van der Waals surface area contributed by atoms with E-state index < -0.39 is 23.3 Å². The Morgan fingerprint density at radius 1 is 0.600 bits per heavy atom.